The van der Waals surface area contributed by atoms with Crippen molar-refractivity contribution in [2.24, 2.45) is 0 Å². The van der Waals surface area contributed by atoms with Crippen LogP contribution in [0, 0.1) is 11.6 Å². The minimum atomic E-state index is -1.22. The van der Waals surface area contributed by atoms with Crippen LogP contribution in [-0.2, 0) is 0 Å². The number of aliphatic hydroxyl groups excluding tert-OH is 1. The molecular formula is C12H8BrF2NO. The second-order valence-electron chi connectivity index (χ2n) is 3.48. The lowest BCUT2D eigenvalue weighted by atomic mass is 10.0. The van der Waals surface area contributed by atoms with E-state index in [1.165, 1.54) is 6.20 Å². The maximum absolute atomic E-state index is 13.5. The van der Waals surface area contributed by atoms with Gasteiger partial charge in [0.15, 0.2) is 0 Å². The Hall–Kier alpha value is -1.33. The van der Waals surface area contributed by atoms with Crippen LogP contribution in [0.4, 0.5) is 8.78 Å². The summed E-state index contributed by atoms with van der Waals surface area (Å²) in [6.07, 6.45) is 0.254. The summed E-state index contributed by atoms with van der Waals surface area (Å²) in [4.78, 5) is 3.89. The van der Waals surface area contributed by atoms with Crippen LogP contribution in [0.15, 0.2) is 41.1 Å². The number of halogens is 3. The molecule has 2 nitrogen and oxygen atoms in total. The highest BCUT2D eigenvalue weighted by atomic mass is 79.9. The summed E-state index contributed by atoms with van der Waals surface area (Å²) in [6.45, 7) is 0. The third kappa shape index (κ3) is 2.68. The monoisotopic (exact) mass is 299 g/mol. The molecule has 0 bridgehead atoms. The van der Waals surface area contributed by atoms with Gasteiger partial charge >= 0.3 is 0 Å². The summed E-state index contributed by atoms with van der Waals surface area (Å²) >= 11 is 3.15. The minimum absolute atomic E-state index is 0.0944. The van der Waals surface area contributed by atoms with E-state index in [-0.39, 0.29) is 5.56 Å². The highest BCUT2D eigenvalue weighted by Gasteiger charge is 2.16. The lowest BCUT2D eigenvalue weighted by Gasteiger charge is -2.12. The van der Waals surface area contributed by atoms with Gasteiger partial charge < -0.3 is 5.11 Å². The van der Waals surface area contributed by atoms with Crippen molar-refractivity contribution in [3.8, 4) is 0 Å². The van der Waals surface area contributed by atoms with E-state index in [9.17, 15) is 13.9 Å². The number of hydrogen-bond donors (Lipinski definition) is 1. The Morgan fingerprint density at radius 1 is 1.18 bits per heavy atom. The maximum atomic E-state index is 13.5. The molecule has 1 atom stereocenters. The summed E-state index contributed by atoms with van der Waals surface area (Å²) < 4.78 is 27.0. The van der Waals surface area contributed by atoms with Crippen molar-refractivity contribution in [3.05, 3.63) is 63.9 Å². The molecule has 0 fully saturated rings. The van der Waals surface area contributed by atoms with Crippen LogP contribution in [0.25, 0.3) is 0 Å². The van der Waals surface area contributed by atoms with Crippen LogP contribution in [0.5, 0.6) is 0 Å². The normalized spacial score (nSPS) is 12.5. The van der Waals surface area contributed by atoms with E-state index >= 15 is 0 Å². The third-order valence-electron chi connectivity index (χ3n) is 2.32. The zero-order chi connectivity index (χ0) is 12.4. The molecule has 1 unspecified atom stereocenters. The van der Waals surface area contributed by atoms with Gasteiger partial charge in [-0.2, -0.15) is 0 Å². The highest BCUT2D eigenvalue weighted by Crippen LogP contribution is 2.25. The van der Waals surface area contributed by atoms with Crippen LogP contribution in [0.1, 0.15) is 17.2 Å². The molecule has 0 spiro atoms. The van der Waals surface area contributed by atoms with Crippen LogP contribution in [0.3, 0.4) is 0 Å². The average molecular weight is 300 g/mol. The Kier molecular flexibility index (Phi) is 3.49. The molecule has 2 aromatic rings. The third-order valence-corrected chi connectivity index (χ3v) is 2.75. The quantitative estimate of drug-likeness (QED) is 0.864. The smallest absolute Gasteiger partial charge is 0.129 e. The maximum Gasteiger partial charge on any atom is 0.129 e. The molecular weight excluding hydrogens is 292 g/mol. The largest absolute Gasteiger partial charge is 0.384 e. The number of aromatic nitrogens is 1. The van der Waals surface area contributed by atoms with E-state index in [4.69, 9.17) is 0 Å². The standard InChI is InChI=1S/C12H8BrF2NO/c13-11-5-7(3-4-16-11)12(17)9-6-8(14)1-2-10(9)15/h1-6,12,17H. The van der Waals surface area contributed by atoms with Crippen LogP contribution >= 0.6 is 15.9 Å². The molecule has 0 saturated carbocycles. The molecule has 17 heavy (non-hydrogen) atoms. The number of aliphatic hydroxyl groups is 1. The number of pyridine rings is 1. The zero-order valence-electron chi connectivity index (χ0n) is 8.57. The molecule has 5 heteroatoms. The summed E-state index contributed by atoms with van der Waals surface area (Å²) in [7, 11) is 0. The fraction of sp³-hybridized carbons (Fsp3) is 0.0833. The first kappa shape index (κ1) is 12.1. The number of nitrogens with zero attached hydrogens (tertiary/aromatic N) is 1. The second kappa shape index (κ2) is 4.89. The van der Waals surface area contributed by atoms with Gasteiger partial charge in [-0.05, 0) is 51.8 Å². The van der Waals surface area contributed by atoms with Crippen molar-refractivity contribution in [2.75, 3.05) is 0 Å². The lowest BCUT2D eigenvalue weighted by molar-refractivity contribution is 0.214. The number of benzene rings is 1. The zero-order valence-corrected chi connectivity index (χ0v) is 10.2. The summed E-state index contributed by atoms with van der Waals surface area (Å²) in [5, 5.41) is 9.97. The SMILES string of the molecule is OC(c1ccnc(Br)c1)c1cc(F)ccc1F. The molecule has 0 aliphatic carbocycles. The van der Waals surface area contributed by atoms with Crippen LogP contribution < -0.4 is 0 Å². The predicted octanol–water partition coefficient (Wildman–Crippen LogP) is 3.20. The Morgan fingerprint density at radius 3 is 2.65 bits per heavy atom. The van der Waals surface area contributed by atoms with E-state index in [1.807, 2.05) is 0 Å². The van der Waals surface area contributed by atoms with Gasteiger partial charge in [-0.3, -0.25) is 0 Å². The average Bonchev–Trinajstić information content (AvgIpc) is 2.31. The molecule has 0 amide bonds. The Balaban J connectivity index is 2.43. The van der Waals surface area contributed by atoms with Crippen molar-refractivity contribution < 1.29 is 13.9 Å². The van der Waals surface area contributed by atoms with Crippen LogP contribution in [-0.4, -0.2) is 10.1 Å². The van der Waals surface area contributed by atoms with Crippen molar-refractivity contribution in [3.63, 3.8) is 0 Å². The summed E-state index contributed by atoms with van der Waals surface area (Å²) in [5.74, 6) is -1.24. The van der Waals surface area contributed by atoms with Crippen molar-refractivity contribution in [1.29, 1.82) is 0 Å². The first-order valence-electron chi connectivity index (χ1n) is 4.82. The lowest BCUT2D eigenvalue weighted by Crippen LogP contribution is -2.03. The van der Waals surface area contributed by atoms with Gasteiger partial charge in [-0.1, -0.05) is 0 Å². The second-order valence-corrected chi connectivity index (χ2v) is 4.29. The Labute approximate surface area is 105 Å². The van der Waals surface area contributed by atoms with E-state index in [0.29, 0.717) is 10.2 Å². The fourth-order valence-corrected chi connectivity index (χ4v) is 1.87. The van der Waals surface area contributed by atoms with E-state index in [1.54, 1.807) is 12.1 Å². The van der Waals surface area contributed by atoms with Crippen molar-refractivity contribution in [2.45, 2.75) is 6.10 Å². The topological polar surface area (TPSA) is 33.1 Å². The van der Waals surface area contributed by atoms with Gasteiger partial charge in [0, 0.05) is 11.8 Å². The molecule has 0 saturated heterocycles. The molecule has 2 rings (SSSR count). The number of rotatable bonds is 2. The molecule has 1 aromatic carbocycles. The molecule has 0 aliphatic rings. The fourth-order valence-electron chi connectivity index (χ4n) is 1.49. The van der Waals surface area contributed by atoms with Gasteiger partial charge in [0.1, 0.15) is 22.3 Å². The van der Waals surface area contributed by atoms with Gasteiger partial charge in [0.25, 0.3) is 0 Å². The molecule has 88 valence electrons. The van der Waals surface area contributed by atoms with E-state index in [0.717, 1.165) is 18.2 Å². The van der Waals surface area contributed by atoms with E-state index in [2.05, 4.69) is 20.9 Å². The highest BCUT2D eigenvalue weighted by molar-refractivity contribution is 9.10. The van der Waals surface area contributed by atoms with Crippen molar-refractivity contribution in [1.82, 2.24) is 4.98 Å². The Morgan fingerprint density at radius 2 is 1.94 bits per heavy atom. The first-order chi connectivity index (χ1) is 8.08. The molecule has 1 heterocycles. The number of hydrogen-bond acceptors (Lipinski definition) is 2. The molecule has 1 N–H and O–H groups in total. The van der Waals surface area contributed by atoms with Crippen molar-refractivity contribution >= 4 is 15.9 Å². The molecule has 0 radical (unpaired) electrons. The Bertz CT molecular complexity index is 548. The first-order valence-corrected chi connectivity index (χ1v) is 5.61. The summed E-state index contributed by atoms with van der Waals surface area (Å²) in [6, 6.07) is 6.07. The van der Waals surface area contributed by atoms with Gasteiger partial charge in [-0.15, -0.1) is 0 Å². The van der Waals surface area contributed by atoms with Gasteiger partial charge in [0.2, 0.25) is 0 Å². The predicted molar refractivity (Wildman–Crippen MR) is 62.4 cm³/mol. The van der Waals surface area contributed by atoms with Crippen LogP contribution in [0.2, 0.25) is 0 Å². The minimum Gasteiger partial charge on any atom is -0.384 e. The summed E-state index contributed by atoms with van der Waals surface area (Å²) in [5.41, 5.74) is 0.347. The molecule has 0 aliphatic heterocycles. The van der Waals surface area contributed by atoms with Gasteiger partial charge in [-0.25, -0.2) is 13.8 Å². The molecule has 1 aromatic heterocycles. The van der Waals surface area contributed by atoms with Gasteiger partial charge in [0.05, 0.1) is 0 Å². The van der Waals surface area contributed by atoms with E-state index < -0.39 is 17.7 Å².